The maximum absolute atomic E-state index is 12.0. The third-order valence-corrected chi connectivity index (χ3v) is 4.49. The van der Waals surface area contributed by atoms with E-state index in [-0.39, 0.29) is 28.4 Å². The second kappa shape index (κ2) is 7.25. The van der Waals surface area contributed by atoms with Gasteiger partial charge in [0.2, 0.25) is 21.7 Å². The van der Waals surface area contributed by atoms with Crippen LogP contribution in [-0.4, -0.2) is 42.0 Å². The Hall–Kier alpha value is -2.73. The summed E-state index contributed by atoms with van der Waals surface area (Å²) in [7, 11) is -4.01. The molecule has 0 bridgehead atoms. The molecular weight excluding hydrogens is 366 g/mol. The molecule has 0 aromatic carbocycles. The zero-order valence-electron chi connectivity index (χ0n) is 14.4. The first-order valence-electron chi connectivity index (χ1n) is 7.45. The number of amides is 1. The summed E-state index contributed by atoms with van der Waals surface area (Å²) in [6.45, 7) is 4.79. The van der Waals surface area contributed by atoms with Crippen molar-refractivity contribution in [2.75, 3.05) is 6.54 Å². The number of nitrogens with zero attached hydrogens (tertiary/aromatic N) is 2. The number of primary amides is 1. The van der Waals surface area contributed by atoms with Crippen LogP contribution in [-0.2, 0) is 31.6 Å². The molecule has 2 aromatic heterocycles. The number of hydrogen-bond acceptors (Lipinski definition) is 8. The van der Waals surface area contributed by atoms with Crippen LogP contribution in [0.15, 0.2) is 21.7 Å². The van der Waals surface area contributed by atoms with Gasteiger partial charge in [-0.3, -0.25) is 9.59 Å². The van der Waals surface area contributed by atoms with Crippen LogP contribution < -0.4 is 10.5 Å². The number of ether oxygens (including phenoxy) is 1. The minimum Gasteiger partial charge on any atom is -0.456 e. The molecule has 2 aromatic rings. The molecule has 12 heteroatoms. The van der Waals surface area contributed by atoms with E-state index in [4.69, 9.17) is 15.0 Å². The number of H-pyrrole nitrogens is 1. The van der Waals surface area contributed by atoms with Crippen LogP contribution in [0.25, 0.3) is 0 Å². The molecule has 2 rings (SSSR count). The van der Waals surface area contributed by atoms with Gasteiger partial charge in [-0.2, -0.15) is 9.71 Å². The van der Waals surface area contributed by atoms with Crippen LogP contribution in [0.2, 0.25) is 0 Å². The quantitative estimate of drug-likeness (QED) is 0.551. The molecule has 0 aliphatic heterocycles. The Bertz CT molecular complexity index is 908. The Labute approximate surface area is 149 Å². The van der Waals surface area contributed by atoms with Gasteiger partial charge in [0, 0.05) is 11.6 Å². The molecule has 4 N–H and O–H groups in total. The molecule has 0 unspecified atom stereocenters. The number of nitrogens with one attached hydrogen (secondary N) is 2. The van der Waals surface area contributed by atoms with E-state index in [1.807, 2.05) is 20.8 Å². The number of esters is 1. The normalized spacial score (nSPS) is 12.1. The second-order valence-electron chi connectivity index (χ2n) is 6.36. The van der Waals surface area contributed by atoms with E-state index < -0.39 is 28.4 Å². The van der Waals surface area contributed by atoms with Gasteiger partial charge < -0.3 is 20.0 Å². The molecule has 0 aliphatic rings. The Morgan fingerprint density at radius 3 is 2.62 bits per heavy atom. The fraction of sp³-hybridized carbons (Fsp3) is 0.429. The Morgan fingerprint density at radius 1 is 1.38 bits per heavy atom. The third-order valence-electron chi connectivity index (χ3n) is 3.11. The van der Waals surface area contributed by atoms with Crippen LogP contribution in [0.5, 0.6) is 0 Å². The second-order valence-corrected chi connectivity index (χ2v) is 8.13. The summed E-state index contributed by atoms with van der Waals surface area (Å²) in [6.07, 6.45) is 1.08. The van der Waals surface area contributed by atoms with E-state index in [1.165, 1.54) is 0 Å². The molecule has 142 valence electrons. The van der Waals surface area contributed by atoms with Crippen molar-refractivity contribution in [2.45, 2.75) is 37.7 Å². The van der Waals surface area contributed by atoms with Crippen molar-refractivity contribution in [2.24, 2.45) is 5.73 Å². The van der Waals surface area contributed by atoms with Gasteiger partial charge in [0.05, 0.1) is 0 Å². The van der Waals surface area contributed by atoms with Crippen molar-refractivity contribution in [3.05, 3.63) is 29.7 Å². The molecule has 0 radical (unpaired) electrons. The Morgan fingerprint density at radius 2 is 2.08 bits per heavy atom. The average molecular weight is 385 g/mol. The van der Waals surface area contributed by atoms with Gasteiger partial charge >= 0.3 is 5.97 Å². The minimum atomic E-state index is -4.01. The van der Waals surface area contributed by atoms with Gasteiger partial charge in [-0.25, -0.2) is 8.42 Å². The summed E-state index contributed by atoms with van der Waals surface area (Å²) in [5.41, 5.74) is 4.63. The molecule has 1 amide bonds. The lowest BCUT2D eigenvalue weighted by molar-refractivity contribution is -0.143. The molecule has 0 atom stereocenters. The molecule has 26 heavy (non-hydrogen) atoms. The molecule has 0 fully saturated rings. The third kappa shape index (κ3) is 4.89. The van der Waals surface area contributed by atoms with Crippen LogP contribution in [0.1, 0.15) is 43.0 Å². The smallest absolute Gasteiger partial charge is 0.321 e. The van der Waals surface area contributed by atoms with Gasteiger partial charge in [-0.05, 0) is 6.07 Å². The first-order chi connectivity index (χ1) is 12.0. The molecule has 11 nitrogen and oxygen atoms in total. The lowest BCUT2D eigenvalue weighted by atomic mass is 9.97. The summed E-state index contributed by atoms with van der Waals surface area (Å²) in [6, 6.07) is 1.06. The highest BCUT2D eigenvalue weighted by molar-refractivity contribution is 7.89. The van der Waals surface area contributed by atoms with Gasteiger partial charge in [0.25, 0.3) is 5.91 Å². The highest BCUT2D eigenvalue weighted by Gasteiger charge is 2.23. The van der Waals surface area contributed by atoms with Gasteiger partial charge in [0.1, 0.15) is 17.1 Å². The predicted molar refractivity (Wildman–Crippen MR) is 87.3 cm³/mol. The number of aromatic nitrogens is 3. The summed E-state index contributed by atoms with van der Waals surface area (Å²) < 4.78 is 36.1. The summed E-state index contributed by atoms with van der Waals surface area (Å²) in [4.78, 5) is 28.9. The van der Waals surface area contributed by atoms with Gasteiger partial charge in [-0.1, -0.05) is 25.9 Å². The molecule has 0 saturated carbocycles. The largest absolute Gasteiger partial charge is 0.456 e. The van der Waals surface area contributed by atoms with Crippen LogP contribution in [0.4, 0.5) is 0 Å². The van der Waals surface area contributed by atoms with Crippen LogP contribution in [0, 0.1) is 0 Å². The highest BCUT2D eigenvalue weighted by atomic mass is 32.2. The first kappa shape index (κ1) is 19.6. The lowest BCUT2D eigenvalue weighted by Gasteiger charge is -2.10. The van der Waals surface area contributed by atoms with Crippen LogP contribution in [0.3, 0.4) is 0 Å². The van der Waals surface area contributed by atoms with Crippen LogP contribution >= 0.6 is 0 Å². The van der Waals surface area contributed by atoms with E-state index >= 15 is 0 Å². The zero-order valence-corrected chi connectivity index (χ0v) is 15.2. The maximum Gasteiger partial charge on any atom is 0.321 e. The minimum absolute atomic E-state index is 0.0697. The predicted octanol–water partition coefficient (Wildman–Crippen LogP) is -0.184. The maximum atomic E-state index is 12.0. The lowest BCUT2D eigenvalue weighted by Crippen LogP contribution is -2.30. The van der Waals surface area contributed by atoms with Gasteiger partial charge in [-0.15, -0.1) is 0 Å². The molecule has 0 saturated heterocycles. The topological polar surface area (TPSA) is 170 Å². The molecule has 2 heterocycles. The summed E-state index contributed by atoms with van der Waals surface area (Å²) in [5, 5.41) is 3.68. The summed E-state index contributed by atoms with van der Waals surface area (Å²) >= 11 is 0. The van der Waals surface area contributed by atoms with Crippen molar-refractivity contribution in [3.63, 3.8) is 0 Å². The van der Waals surface area contributed by atoms with E-state index in [1.54, 1.807) is 0 Å². The Kier molecular flexibility index (Phi) is 5.47. The number of carbonyl (C=O) groups is 2. The number of carbonyl (C=O) groups excluding carboxylic acids is 2. The highest BCUT2D eigenvalue weighted by Crippen LogP contribution is 2.19. The fourth-order valence-corrected chi connectivity index (χ4v) is 2.68. The van der Waals surface area contributed by atoms with Crippen molar-refractivity contribution in [1.82, 2.24) is 19.8 Å². The van der Waals surface area contributed by atoms with E-state index in [0.29, 0.717) is 5.89 Å². The Balaban J connectivity index is 1.87. The standard InChI is InChI=1S/C14H19N5O6S/c1-14(2,3)13-18-10(19-25-13)7-24-11(20)6-17-26(22,23)8-4-9(12(15)21)16-5-8/h4-5,16-17H,6-7H2,1-3H3,(H2,15,21). The fourth-order valence-electron chi connectivity index (χ4n) is 1.72. The number of hydrogen-bond donors (Lipinski definition) is 3. The van der Waals surface area contributed by atoms with Crippen molar-refractivity contribution < 1.29 is 27.3 Å². The molecule has 0 aliphatic carbocycles. The van der Waals surface area contributed by atoms with Crippen molar-refractivity contribution in [3.8, 4) is 0 Å². The van der Waals surface area contributed by atoms with Crippen molar-refractivity contribution >= 4 is 21.9 Å². The first-order valence-corrected chi connectivity index (χ1v) is 8.94. The van der Waals surface area contributed by atoms with E-state index in [0.717, 1.165) is 12.3 Å². The SMILES string of the molecule is CC(C)(C)c1nc(COC(=O)CNS(=O)(=O)c2c[nH]c(C(N)=O)c2)no1. The van der Waals surface area contributed by atoms with Crippen molar-refractivity contribution in [1.29, 1.82) is 0 Å². The molecular formula is C14H19N5O6S. The average Bonchev–Trinajstić information content (AvgIpc) is 3.19. The number of rotatable bonds is 7. The van der Waals surface area contributed by atoms with E-state index in [9.17, 15) is 18.0 Å². The summed E-state index contributed by atoms with van der Waals surface area (Å²) in [5.74, 6) is -1.08. The number of aromatic amines is 1. The monoisotopic (exact) mass is 385 g/mol. The molecule has 0 spiro atoms. The number of nitrogens with two attached hydrogens (primary N) is 1. The van der Waals surface area contributed by atoms with E-state index in [2.05, 4.69) is 19.8 Å². The van der Waals surface area contributed by atoms with Gasteiger partial charge in [0.15, 0.2) is 6.61 Å². The number of sulfonamides is 1. The zero-order chi connectivity index (χ0) is 19.5.